The second-order valence-electron chi connectivity index (χ2n) is 6.60. The van der Waals surface area contributed by atoms with Gasteiger partial charge in [-0.3, -0.25) is 9.59 Å². The average molecular weight is 414 g/mol. The topological polar surface area (TPSA) is 82.9 Å². The van der Waals surface area contributed by atoms with Crippen LogP contribution in [0.2, 0.25) is 0 Å². The molecule has 0 unspecified atom stereocenters. The molecule has 0 atom stereocenters. The van der Waals surface area contributed by atoms with Gasteiger partial charge in [0.05, 0.1) is 12.4 Å². The van der Waals surface area contributed by atoms with E-state index < -0.39 is 0 Å². The molecule has 0 spiro atoms. The molecule has 2 N–H and O–H groups in total. The van der Waals surface area contributed by atoms with Crippen molar-refractivity contribution in [3.05, 3.63) is 71.3 Å². The largest absolute Gasteiger partial charge is 0.273 e. The lowest BCUT2D eigenvalue weighted by Crippen LogP contribution is -2.17. The Bertz CT molecular complexity index is 792. The maximum absolute atomic E-state index is 12.8. The summed E-state index contributed by atoms with van der Waals surface area (Å²) in [6.45, 7) is 0. The summed E-state index contributed by atoms with van der Waals surface area (Å²) in [7, 11) is 0. The summed E-state index contributed by atoms with van der Waals surface area (Å²) in [5.41, 5.74) is 6.24. The number of halogens is 2. The van der Waals surface area contributed by atoms with Crippen molar-refractivity contribution in [2.24, 2.45) is 10.2 Å². The van der Waals surface area contributed by atoms with Crippen LogP contribution in [0.15, 0.2) is 58.7 Å². The number of benzene rings is 2. The fourth-order valence-electron chi connectivity index (χ4n) is 2.49. The molecule has 2 aromatic carbocycles. The zero-order valence-corrected chi connectivity index (χ0v) is 16.5. The van der Waals surface area contributed by atoms with E-state index in [1.54, 1.807) is 24.3 Å². The Hall–Kier alpha value is -3.42. The van der Waals surface area contributed by atoms with Crippen LogP contribution in [0.4, 0.5) is 8.78 Å². The monoisotopic (exact) mass is 414 g/mol. The summed E-state index contributed by atoms with van der Waals surface area (Å²) >= 11 is 0. The molecule has 0 fully saturated rings. The Morgan fingerprint density at radius 2 is 1.03 bits per heavy atom. The molecule has 2 aromatic rings. The van der Waals surface area contributed by atoms with Crippen molar-refractivity contribution in [1.82, 2.24) is 10.9 Å². The number of hydrazone groups is 2. The molecule has 8 heteroatoms. The second kappa shape index (κ2) is 12.9. The van der Waals surface area contributed by atoms with Gasteiger partial charge in [0.1, 0.15) is 11.6 Å². The van der Waals surface area contributed by atoms with Crippen LogP contribution in [-0.2, 0) is 9.59 Å². The first kappa shape index (κ1) is 22.9. The Balaban J connectivity index is 1.49. The first-order valence-electron chi connectivity index (χ1n) is 9.68. The summed E-state index contributed by atoms with van der Waals surface area (Å²) in [4.78, 5) is 23.4. The average Bonchev–Trinajstić information content (AvgIpc) is 2.73. The SMILES string of the molecule is O=C(CCCCCCC(=O)N/N=C/c1ccc(F)cc1)N/N=C/c1ccc(F)cc1. The van der Waals surface area contributed by atoms with Crippen molar-refractivity contribution >= 4 is 24.2 Å². The summed E-state index contributed by atoms with van der Waals surface area (Å²) in [6, 6.07) is 11.5. The highest BCUT2D eigenvalue weighted by atomic mass is 19.1. The van der Waals surface area contributed by atoms with E-state index in [9.17, 15) is 18.4 Å². The molecule has 0 saturated carbocycles. The number of carbonyl (C=O) groups is 2. The molecule has 30 heavy (non-hydrogen) atoms. The van der Waals surface area contributed by atoms with Gasteiger partial charge in [-0.1, -0.05) is 37.1 Å². The van der Waals surface area contributed by atoms with Crippen molar-refractivity contribution in [3.8, 4) is 0 Å². The van der Waals surface area contributed by atoms with E-state index >= 15 is 0 Å². The van der Waals surface area contributed by atoms with Crippen LogP contribution < -0.4 is 10.9 Å². The highest BCUT2D eigenvalue weighted by Gasteiger charge is 2.02. The number of hydrogen-bond donors (Lipinski definition) is 2. The quantitative estimate of drug-likeness (QED) is 0.332. The standard InChI is InChI=1S/C22H24F2N4O2/c23-19-11-7-17(8-12-19)15-25-27-21(29)5-3-1-2-4-6-22(30)28-26-16-18-9-13-20(24)14-10-18/h7-16H,1-6H2,(H,27,29)(H,28,30)/b25-15+,26-16+. The zero-order chi connectivity index (χ0) is 21.6. The Morgan fingerprint density at radius 3 is 1.40 bits per heavy atom. The highest BCUT2D eigenvalue weighted by Crippen LogP contribution is 2.06. The van der Waals surface area contributed by atoms with E-state index in [2.05, 4.69) is 21.1 Å². The van der Waals surface area contributed by atoms with Crippen molar-refractivity contribution < 1.29 is 18.4 Å². The van der Waals surface area contributed by atoms with Crippen LogP contribution in [0, 0.1) is 11.6 Å². The van der Waals surface area contributed by atoms with Gasteiger partial charge in [0.15, 0.2) is 0 Å². The van der Waals surface area contributed by atoms with E-state index in [1.165, 1.54) is 36.7 Å². The number of nitrogens with zero attached hydrogens (tertiary/aromatic N) is 2. The van der Waals surface area contributed by atoms with E-state index in [-0.39, 0.29) is 23.4 Å². The second-order valence-corrected chi connectivity index (χ2v) is 6.60. The summed E-state index contributed by atoms with van der Waals surface area (Å²) in [5, 5.41) is 7.66. The van der Waals surface area contributed by atoms with Crippen LogP contribution in [0.1, 0.15) is 49.7 Å². The predicted octanol–water partition coefficient (Wildman–Crippen LogP) is 3.91. The number of unbranched alkanes of at least 4 members (excludes halogenated alkanes) is 3. The van der Waals surface area contributed by atoms with Gasteiger partial charge in [0, 0.05) is 12.8 Å². The van der Waals surface area contributed by atoms with Crippen molar-refractivity contribution in [2.75, 3.05) is 0 Å². The highest BCUT2D eigenvalue weighted by molar-refractivity contribution is 5.83. The Morgan fingerprint density at radius 1 is 0.667 bits per heavy atom. The maximum Gasteiger partial charge on any atom is 0.240 e. The smallest absolute Gasteiger partial charge is 0.240 e. The maximum atomic E-state index is 12.8. The lowest BCUT2D eigenvalue weighted by molar-refractivity contribution is -0.122. The van der Waals surface area contributed by atoms with E-state index in [0.29, 0.717) is 36.8 Å². The lowest BCUT2D eigenvalue weighted by Gasteiger charge is -2.02. The van der Waals surface area contributed by atoms with Crippen LogP contribution in [-0.4, -0.2) is 24.2 Å². The summed E-state index contributed by atoms with van der Waals surface area (Å²) in [5.74, 6) is -1.04. The molecule has 0 heterocycles. The van der Waals surface area contributed by atoms with E-state index in [4.69, 9.17) is 0 Å². The van der Waals surface area contributed by atoms with Gasteiger partial charge < -0.3 is 0 Å². The molecule has 6 nitrogen and oxygen atoms in total. The molecular weight excluding hydrogens is 390 g/mol. The molecule has 2 amide bonds. The van der Waals surface area contributed by atoms with Crippen LogP contribution >= 0.6 is 0 Å². The van der Waals surface area contributed by atoms with Gasteiger partial charge in [-0.05, 0) is 48.2 Å². The molecule has 0 saturated heterocycles. The molecule has 0 aliphatic carbocycles. The van der Waals surface area contributed by atoms with Crippen LogP contribution in [0.3, 0.4) is 0 Å². The third-order valence-corrected chi connectivity index (χ3v) is 4.10. The first-order chi connectivity index (χ1) is 14.5. The molecule has 158 valence electrons. The Kier molecular flexibility index (Phi) is 9.85. The van der Waals surface area contributed by atoms with Crippen molar-refractivity contribution in [3.63, 3.8) is 0 Å². The van der Waals surface area contributed by atoms with Gasteiger partial charge in [-0.25, -0.2) is 19.6 Å². The minimum Gasteiger partial charge on any atom is -0.273 e. The number of carbonyl (C=O) groups excluding carboxylic acids is 2. The molecule has 0 aromatic heterocycles. The minimum absolute atomic E-state index is 0.193. The summed E-state index contributed by atoms with van der Waals surface area (Å²) in [6.07, 6.45) is 6.62. The number of nitrogens with one attached hydrogen (secondary N) is 2. The van der Waals surface area contributed by atoms with Gasteiger partial charge in [-0.2, -0.15) is 10.2 Å². The van der Waals surface area contributed by atoms with E-state index in [0.717, 1.165) is 12.8 Å². The molecule has 0 aliphatic heterocycles. The molecule has 2 rings (SSSR count). The van der Waals surface area contributed by atoms with Crippen molar-refractivity contribution in [2.45, 2.75) is 38.5 Å². The van der Waals surface area contributed by atoms with Gasteiger partial charge in [-0.15, -0.1) is 0 Å². The normalized spacial score (nSPS) is 11.1. The first-order valence-corrected chi connectivity index (χ1v) is 9.68. The zero-order valence-electron chi connectivity index (χ0n) is 16.5. The molecule has 0 radical (unpaired) electrons. The van der Waals surface area contributed by atoms with Crippen LogP contribution in [0.5, 0.6) is 0 Å². The van der Waals surface area contributed by atoms with Gasteiger partial charge in [0.2, 0.25) is 11.8 Å². The third kappa shape index (κ3) is 9.68. The number of hydrogen-bond acceptors (Lipinski definition) is 4. The van der Waals surface area contributed by atoms with Crippen LogP contribution in [0.25, 0.3) is 0 Å². The molecule has 0 aliphatic rings. The minimum atomic E-state index is -0.327. The van der Waals surface area contributed by atoms with Crippen molar-refractivity contribution in [1.29, 1.82) is 0 Å². The molecular formula is C22H24F2N4O2. The fourth-order valence-corrected chi connectivity index (χ4v) is 2.49. The van der Waals surface area contributed by atoms with E-state index in [1.807, 2.05) is 0 Å². The predicted molar refractivity (Wildman–Crippen MR) is 112 cm³/mol. The molecule has 0 bridgehead atoms. The number of amides is 2. The van der Waals surface area contributed by atoms with Gasteiger partial charge in [0.25, 0.3) is 0 Å². The van der Waals surface area contributed by atoms with Gasteiger partial charge >= 0.3 is 0 Å². The number of rotatable bonds is 11. The third-order valence-electron chi connectivity index (χ3n) is 4.10. The fraction of sp³-hybridized carbons (Fsp3) is 0.273. The Labute approximate surface area is 174 Å². The summed E-state index contributed by atoms with van der Waals surface area (Å²) < 4.78 is 25.6. The lowest BCUT2D eigenvalue weighted by atomic mass is 10.1.